The molecule has 124 valence electrons. The van der Waals surface area contributed by atoms with Crippen molar-refractivity contribution in [3.63, 3.8) is 0 Å². The summed E-state index contributed by atoms with van der Waals surface area (Å²) < 4.78 is 8.39. The fourth-order valence-electron chi connectivity index (χ4n) is 3.08. The molecule has 5 nitrogen and oxygen atoms in total. The summed E-state index contributed by atoms with van der Waals surface area (Å²) in [5.74, 6) is -0.140. The first-order chi connectivity index (χ1) is 11.5. The maximum Gasteiger partial charge on any atom is 0.272 e. The smallest absolute Gasteiger partial charge is 0.272 e. The Balaban J connectivity index is 2.02. The Morgan fingerprint density at radius 1 is 1.29 bits per heavy atom. The SMILES string of the molecule is CC1CN(C(=O)c2c(C#N)ccn2-c2cccc(Br)c2)CC(C)O1. The van der Waals surface area contributed by atoms with Gasteiger partial charge in [0.1, 0.15) is 11.8 Å². The number of aromatic nitrogens is 1. The zero-order valence-corrected chi connectivity index (χ0v) is 15.2. The number of hydrogen-bond donors (Lipinski definition) is 0. The molecular weight excluding hydrogens is 370 g/mol. The Bertz CT molecular complexity index is 799. The van der Waals surface area contributed by atoms with Crippen LogP contribution < -0.4 is 0 Å². The fraction of sp³-hybridized carbons (Fsp3) is 0.333. The zero-order chi connectivity index (χ0) is 17.3. The van der Waals surface area contributed by atoms with E-state index < -0.39 is 0 Å². The topological polar surface area (TPSA) is 58.3 Å². The van der Waals surface area contributed by atoms with Gasteiger partial charge in [0.15, 0.2) is 0 Å². The highest BCUT2D eigenvalue weighted by Gasteiger charge is 2.30. The second-order valence-electron chi connectivity index (χ2n) is 6.01. The lowest BCUT2D eigenvalue weighted by Gasteiger charge is -2.35. The van der Waals surface area contributed by atoms with Gasteiger partial charge >= 0.3 is 0 Å². The van der Waals surface area contributed by atoms with Crippen LogP contribution in [-0.2, 0) is 4.74 Å². The van der Waals surface area contributed by atoms with Crippen LogP contribution in [0.15, 0.2) is 41.0 Å². The molecule has 1 aromatic carbocycles. The molecule has 1 amide bonds. The quantitative estimate of drug-likeness (QED) is 0.793. The van der Waals surface area contributed by atoms with Crippen molar-refractivity contribution < 1.29 is 9.53 Å². The second-order valence-corrected chi connectivity index (χ2v) is 6.92. The average Bonchev–Trinajstić information content (AvgIpc) is 2.97. The number of nitriles is 1. The first kappa shape index (κ1) is 16.7. The van der Waals surface area contributed by atoms with Crippen LogP contribution in [-0.4, -0.2) is 40.7 Å². The van der Waals surface area contributed by atoms with Gasteiger partial charge in [-0.05, 0) is 38.1 Å². The van der Waals surface area contributed by atoms with Crippen molar-refractivity contribution in [2.45, 2.75) is 26.1 Å². The lowest BCUT2D eigenvalue weighted by atomic mass is 10.1. The van der Waals surface area contributed by atoms with Gasteiger partial charge in [0.2, 0.25) is 0 Å². The van der Waals surface area contributed by atoms with Gasteiger partial charge in [-0.15, -0.1) is 0 Å². The van der Waals surface area contributed by atoms with E-state index in [1.165, 1.54) is 0 Å². The van der Waals surface area contributed by atoms with E-state index in [9.17, 15) is 10.1 Å². The summed E-state index contributed by atoms with van der Waals surface area (Å²) in [4.78, 5) is 14.9. The molecule has 1 aliphatic rings. The summed E-state index contributed by atoms with van der Waals surface area (Å²) in [7, 11) is 0. The predicted octanol–water partition coefficient (Wildman–Crippen LogP) is 3.36. The third-order valence-electron chi connectivity index (χ3n) is 4.00. The minimum Gasteiger partial charge on any atom is -0.372 e. The van der Waals surface area contributed by atoms with Crippen molar-refractivity contribution in [2.75, 3.05) is 13.1 Å². The van der Waals surface area contributed by atoms with Gasteiger partial charge in [-0.25, -0.2) is 0 Å². The Kier molecular flexibility index (Phi) is 4.74. The molecular formula is C18H18BrN3O2. The number of carbonyl (C=O) groups is 1. The number of morpholine rings is 1. The number of carbonyl (C=O) groups excluding carboxylic acids is 1. The third kappa shape index (κ3) is 3.23. The van der Waals surface area contributed by atoms with Gasteiger partial charge in [-0.2, -0.15) is 5.26 Å². The summed E-state index contributed by atoms with van der Waals surface area (Å²) in [6, 6.07) is 11.5. The molecule has 2 atom stereocenters. The summed E-state index contributed by atoms with van der Waals surface area (Å²) in [6.45, 7) is 4.96. The number of hydrogen-bond acceptors (Lipinski definition) is 3. The van der Waals surface area contributed by atoms with E-state index in [1.54, 1.807) is 21.7 Å². The van der Waals surface area contributed by atoms with Crippen LogP contribution >= 0.6 is 15.9 Å². The minimum absolute atomic E-state index is 0.0162. The van der Waals surface area contributed by atoms with E-state index >= 15 is 0 Å². The molecule has 6 heteroatoms. The summed E-state index contributed by atoms with van der Waals surface area (Å²) >= 11 is 3.45. The number of ether oxygens (including phenoxy) is 1. The Morgan fingerprint density at radius 2 is 2.00 bits per heavy atom. The molecule has 0 bridgehead atoms. The highest BCUT2D eigenvalue weighted by Crippen LogP contribution is 2.23. The maximum absolute atomic E-state index is 13.1. The first-order valence-electron chi connectivity index (χ1n) is 7.81. The Hall–Kier alpha value is -2.10. The normalized spacial score (nSPS) is 20.7. The molecule has 1 saturated heterocycles. The summed E-state index contributed by atoms with van der Waals surface area (Å²) in [5, 5.41) is 9.42. The molecule has 0 spiro atoms. The molecule has 2 aromatic rings. The zero-order valence-electron chi connectivity index (χ0n) is 13.6. The van der Waals surface area contributed by atoms with E-state index in [0.29, 0.717) is 24.3 Å². The van der Waals surface area contributed by atoms with Crippen LogP contribution in [0.4, 0.5) is 0 Å². The van der Waals surface area contributed by atoms with Crippen molar-refractivity contribution in [1.82, 2.24) is 9.47 Å². The molecule has 0 aliphatic carbocycles. The first-order valence-corrected chi connectivity index (χ1v) is 8.61. The van der Waals surface area contributed by atoms with Gasteiger partial charge in [0.05, 0.1) is 17.8 Å². The lowest BCUT2D eigenvalue weighted by molar-refractivity contribution is -0.0588. The van der Waals surface area contributed by atoms with Crippen molar-refractivity contribution in [1.29, 1.82) is 5.26 Å². The van der Waals surface area contributed by atoms with E-state index in [4.69, 9.17) is 4.74 Å². The van der Waals surface area contributed by atoms with Crippen molar-refractivity contribution >= 4 is 21.8 Å². The average molecular weight is 388 g/mol. The van der Waals surface area contributed by atoms with Gasteiger partial charge in [-0.3, -0.25) is 4.79 Å². The Morgan fingerprint density at radius 3 is 2.62 bits per heavy atom. The van der Waals surface area contributed by atoms with E-state index in [-0.39, 0.29) is 18.1 Å². The predicted molar refractivity (Wildman–Crippen MR) is 94.1 cm³/mol. The third-order valence-corrected chi connectivity index (χ3v) is 4.50. The molecule has 1 aromatic heterocycles. The number of benzene rings is 1. The van der Waals surface area contributed by atoms with E-state index in [1.807, 2.05) is 38.1 Å². The number of nitrogens with zero attached hydrogens (tertiary/aromatic N) is 3. The van der Waals surface area contributed by atoms with Crippen LogP contribution in [0.1, 0.15) is 29.9 Å². The molecule has 24 heavy (non-hydrogen) atoms. The number of rotatable bonds is 2. The van der Waals surface area contributed by atoms with Crippen LogP contribution in [0.3, 0.4) is 0 Å². The molecule has 0 saturated carbocycles. The van der Waals surface area contributed by atoms with Crippen molar-refractivity contribution in [3.8, 4) is 11.8 Å². The second kappa shape index (κ2) is 6.80. The van der Waals surface area contributed by atoms with Crippen LogP contribution in [0, 0.1) is 11.3 Å². The van der Waals surface area contributed by atoms with Crippen molar-refractivity contribution in [3.05, 3.63) is 52.3 Å². The van der Waals surface area contributed by atoms with Crippen molar-refractivity contribution in [2.24, 2.45) is 0 Å². The van der Waals surface area contributed by atoms with Gasteiger partial charge in [0.25, 0.3) is 5.91 Å². The summed E-state index contributed by atoms with van der Waals surface area (Å²) in [6.07, 6.45) is 1.73. The van der Waals surface area contributed by atoms with E-state index in [0.717, 1.165) is 10.2 Å². The molecule has 2 unspecified atom stereocenters. The molecule has 0 radical (unpaired) electrons. The van der Waals surface area contributed by atoms with Crippen LogP contribution in [0.25, 0.3) is 5.69 Å². The number of halogens is 1. The lowest BCUT2D eigenvalue weighted by Crippen LogP contribution is -2.48. The minimum atomic E-state index is -0.140. The Labute approximate surface area is 149 Å². The highest BCUT2D eigenvalue weighted by atomic mass is 79.9. The molecule has 2 heterocycles. The van der Waals surface area contributed by atoms with Crippen LogP contribution in [0.5, 0.6) is 0 Å². The van der Waals surface area contributed by atoms with E-state index in [2.05, 4.69) is 22.0 Å². The molecule has 1 aliphatic heterocycles. The fourth-order valence-corrected chi connectivity index (χ4v) is 3.46. The highest BCUT2D eigenvalue weighted by molar-refractivity contribution is 9.10. The van der Waals surface area contributed by atoms with Gasteiger partial charge in [-0.1, -0.05) is 22.0 Å². The van der Waals surface area contributed by atoms with Gasteiger partial charge in [0, 0.05) is 29.4 Å². The molecule has 0 N–H and O–H groups in total. The number of amides is 1. The van der Waals surface area contributed by atoms with Gasteiger partial charge < -0.3 is 14.2 Å². The molecule has 1 fully saturated rings. The maximum atomic E-state index is 13.1. The summed E-state index contributed by atoms with van der Waals surface area (Å²) in [5.41, 5.74) is 1.62. The van der Waals surface area contributed by atoms with Crippen LogP contribution in [0.2, 0.25) is 0 Å². The standard InChI is InChI=1S/C18H18BrN3O2/c1-12-10-21(11-13(2)24-12)18(23)17-14(9-20)6-7-22(17)16-5-3-4-15(19)8-16/h3-8,12-13H,10-11H2,1-2H3. The monoisotopic (exact) mass is 387 g/mol. The molecule has 3 rings (SSSR count). The largest absolute Gasteiger partial charge is 0.372 e.